The van der Waals surface area contributed by atoms with Gasteiger partial charge in [0.1, 0.15) is 5.76 Å². The van der Waals surface area contributed by atoms with Gasteiger partial charge in [0.2, 0.25) is 0 Å². The lowest BCUT2D eigenvalue weighted by Crippen LogP contribution is -2.41. The lowest BCUT2D eigenvalue weighted by atomic mass is 10.2. The maximum absolute atomic E-state index is 11.5. The van der Waals surface area contributed by atoms with Gasteiger partial charge in [0.25, 0.3) is 5.91 Å². The predicted molar refractivity (Wildman–Crippen MR) is 82.7 cm³/mol. The third-order valence-electron chi connectivity index (χ3n) is 2.82. The third kappa shape index (κ3) is 6.35. The molecule has 0 aliphatic heterocycles. The van der Waals surface area contributed by atoms with Gasteiger partial charge in [0, 0.05) is 6.42 Å². The molecule has 2 aromatic rings. The van der Waals surface area contributed by atoms with E-state index in [0.717, 1.165) is 5.56 Å². The highest BCUT2D eigenvalue weighted by atomic mass is 32.1. The maximum atomic E-state index is 11.5. The number of esters is 1. The number of ether oxygens (including phenoxy) is 1. The Labute approximate surface area is 136 Å². The molecular weight excluding hydrogens is 320 g/mol. The van der Waals surface area contributed by atoms with Gasteiger partial charge < -0.3 is 14.5 Å². The summed E-state index contributed by atoms with van der Waals surface area (Å²) in [6.45, 7) is -0.330. The lowest BCUT2D eigenvalue weighted by Gasteiger charge is -2.06. The van der Waals surface area contributed by atoms with Gasteiger partial charge in [-0.25, -0.2) is 4.79 Å². The Morgan fingerprint density at radius 3 is 2.83 bits per heavy atom. The first-order valence-corrected chi connectivity index (χ1v) is 7.84. The zero-order valence-corrected chi connectivity index (χ0v) is 13.1. The number of hydrogen-bond acceptors (Lipinski definition) is 6. The van der Waals surface area contributed by atoms with Crippen LogP contribution < -0.4 is 10.6 Å². The van der Waals surface area contributed by atoms with Gasteiger partial charge in [0.05, 0.1) is 12.8 Å². The standard InChI is InChI=1S/C15H16N2O5S/c18-13(17-15(20)16-8-12-2-1-6-21-12)9-22-14(19)4-3-11-5-7-23-10-11/h1-2,5-7,10H,3-4,8-9H2,(H2,16,17,18,20). The summed E-state index contributed by atoms with van der Waals surface area (Å²) in [5.74, 6) is -0.611. The molecule has 2 aromatic heterocycles. The molecular formula is C15H16N2O5S. The van der Waals surface area contributed by atoms with E-state index < -0.39 is 24.5 Å². The summed E-state index contributed by atoms with van der Waals surface area (Å²) in [4.78, 5) is 34.4. The fourth-order valence-corrected chi connectivity index (χ4v) is 2.39. The number of hydrogen-bond donors (Lipinski definition) is 2. The lowest BCUT2D eigenvalue weighted by molar-refractivity contribution is -0.148. The van der Waals surface area contributed by atoms with Crippen molar-refractivity contribution >= 4 is 29.2 Å². The molecule has 122 valence electrons. The maximum Gasteiger partial charge on any atom is 0.321 e. The zero-order chi connectivity index (χ0) is 16.5. The van der Waals surface area contributed by atoms with Crippen LogP contribution in [-0.4, -0.2) is 24.5 Å². The number of carbonyl (C=O) groups excluding carboxylic acids is 3. The summed E-state index contributed by atoms with van der Waals surface area (Å²) in [5.41, 5.74) is 1.05. The molecule has 0 radical (unpaired) electrons. The van der Waals surface area contributed by atoms with Crippen molar-refractivity contribution < 1.29 is 23.5 Å². The molecule has 0 saturated heterocycles. The van der Waals surface area contributed by atoms with Gasteiger partial charge in [-0.2, -0.15) is 11.3 Å². The van der Waals surface area contributed by atoms with Crippen LogP contribution in [0.3, 0.4) is 0 Å². The fraction of sp³-hybridized carbons (Fsp3) is 0.267. The van der Waals surface area contributed by atoms with Gasteiger partial charge in [-0.1, -0.05) is 0 Å². The minimum atomic E-state index is -0.689. The van der Waals surface area contributed by atoms with E-state index in [2.05, 4.69) is 10.6 Å². The van der Waals surface area contributed by atoms with E-state index >= 15 is 0 Å². The molecule has 0 aliphatic carbocycles. The van der Waals surface area contributed by atoms with Crippen LogP contribution >= 0.6 is 11.3 Å². The number of carbonyl (C=O) groups is 3. The molecule has 2 rings (SSSR count). The molecule has 0 bridgehead atoms. The van der Waals surface area contributed by atoms with Gasteiger partial charge in [-0.3, -0.25) is 14.9 Å². The smallest absolute Gasteiger partial charge is 0.321 e. The van der Waals surface area contributed by atoms with Crippen molar-refractivity contribution in [3.05, 3.63) is 46.5 Å². The second kappa shape index (κ2) is 8.74. The fourth-order valence-electron chi connectivity index (χ4n) is 1.69. The molecule has 0 spiro atoms. The number of aryl methyl sites for hydroxylation is 1. The highest BCUT2D eigenvalue weighted by molar-refractivity contribution is 7.07. The van der Waals surface area contributed by atoms with Crippen LogP contribution in [-0.2, 0) is 27.3 Å². The first kappa shape index (κ1) is 16.8. The molecule has 0 saturated carbocycles. The van der Waals surface area contributed by atoms with E-state index in [4.69, 9.17) is 9.15 Å². The van der Waals surface area contributed by atoms with Crippen molar-refractivity contribution in [2.75, 3.05) is 6.61 Å². The minimum absolute atomic E-state index is 0.159. The Kier molecular flexibility index (Phi) is 6.37. The third-order valence-corrected chi connectivity index (χ3v) is 3.55. The number of nitrogens with one attached hydrogen (secondary N) is 2. The average Bonchev–Trinajstić information content (AvgIpc) is 3.22. The van der Waals surface area contributed by atoms with Gasteiger partial charge in [0.15, 0.2) is 6.61 Å². The summed E-state index contributed by atoms with van der Waals surface area (Å²) in [5, 5.41) is 8.38. The van der Waals surface area contributed by atoms with Gasteiger partial charge >= 0.3 is 12.0 Å². The Morgan fingerprint density at radius 2 is 2.13 bits per heavy atom. The normalized spacial score (nSPS) is 10.1. The van der Waals surface area contributed by atoms with Crippen LogP contribution in [0.15, 0.2) is 39.6 Å². The van der Waals surface area contributed by atoms with Crippen molar-refractivity contribution in [1.82, 2.24) is 10.6 Å². The zero-order valence-electron chi connectivity index (χ0n) is 12.2. The second-order valence-electron chi connectivity index (χ2n) is 4.60. The van der Waals surface area contributed by atoms with Crippen molar-refractivity contribution in [3.8, 4) is 0 Å². The second-order valence-corrected chi connectivity index (χ2v) is 5.38. The predicted octanol–water partition coefficient (Wildman–Crippen LogP) is 1.84. The van der Waals surface area contributed by atoms with Crippen molar-refractivity contribution in [2.45, 2.75) is 19.4 Å². The van der Waals surface area contributed by atoms with E-state index in [1.54, 1.807) is 23.5 Å². The summed E-state index contributed by atoms with van der Waals surface area (Å²) in [7, 11) is 0. The molecule has 8 heteroatoms. The molecule has 2 N–H and O–H groups in total. The monoisotopic (exact) mass is 336 g/mol. The van der Waals surface area contributed by atoms with Crippen LogP contribution in [0.4, 0.5) is 4.79 Å². The SMILES string of the molecule is O=C(COC(=O)CCc1ccsc1)NC(=O)NCc1ccco1. The van der Waals surface area contributed by atoms with Crippen LogP contribution in [0.2, 0.25) is 0 Å². The molecule has 0 aromatic carbocycles. The highest BCUT2D eigenvalue weighted by Gasteiger charge is 2.11. The summed E-state index contributed by atoms with van der Waals surface area (Å²) >= 11 is 1.55. The highest BCUT2D eigenvalue weighted by Crippen LogP contribution is 2.08. The Morgan fingerprint density at radius 1 is 1.26 bits per heavy atom. The Bertz CT molecular complexity index is 637. The summed E-state index contributed by atoms with van der Waals surface area (Å²) in [6.07, 6.45) is 2.23. The number of imide groups is 1. The van der Waals surface area contributed by atoms with Crippen molar-refractivity contribution in [2.24, 2.45) is 0 Å². The van der Waals surface area contributed by atoms with Crippen molar-refractivity contribution in [1.29, 1.82) is 0 Å². The largest absolute Gasteiger partial charge is 0.467 e. The van der Waals surface area contributed by atoms with E-state index in [1.807, 2.05) is 16.8 Å². The Balaban J connectivity index is 1.58. The first-order chi connectivity index (χ1) is 11.1. The molecule has 3 amide bonds. The molecule has 2 heterocycles. The number of thiophene rings is 1. The molecule has 0 aliphatic rings. The average molecular weight is 336 g/mol. The number of rotatable bonds is 7. The van der Waals surface area contributed by atoms with Gasteiger partial charge in [-0.15, -0.1) is 0 Å². The summed E-state index contributed by atoms with van der Waals surface area (Å²) in [6, 6.07) is 4.63. The molecule has 7 nitrogen and oxygen atoms in total. The first-order valence-electron chi connectivity index (χ1n) is 6.90. The molecule has 0 atom stereocenters. The van der Waals surface area contributed by atoms with Crippen LogP contribution in [0, 0.1) is 0 Å². The summed E-state index contributed by atoms with van der Waals surface area (Å²) < 4.78 is 9.84. The topological polar surface area (TPSA) is 97.6 Å². The van der Waals surface area contributed by atoms with Crippen LogP contribution in [0.25, 0.3) is 0 Å². The molecule has 23 heavy (non-hydrogen) atoms. The number of urea groups is 1. The quantitative estimate of drug-likeness (QED) is 0.752. The van der Waals surface area contributed by atoms with Crippen LogP contribution in [0.1, 0.15) is 17.7 Å². The van der Waals surface area contributed by atoms with E-state index in [9.17, 15) is 14.4 Å². The van der Waals surface area contributed by atoms with Crippen molar-refractivity contribution in [3.63, 3.8) is 0 Å². The number of amides is 3. The molecule has 0 unspecified atom stereocenters. The van der Waals surface area contributed by atoms with Gasteiger partial charge in [-0.05, 0) is 40.9 Å². The Hall–Kier alpha value is -2.61. The van der Waals surface area contributed by atoms with Crippen LogP contribution in [0.5, 0.6) is 0 Å². The molecule has 0 fully saturated rings. The minimum Gasteiger partial charge on any atom is -0.467 e. The van der Waals surface area contributed by atoms with E-state index in [0.29, 0.717) is 12.2 Å². The van der Waals surface area contributed by atoms with E-state index in [-0.39, 0.29) is 13.0 Å². The number of furan rings is 1. The van der Waals surface area contributed by atoms with E-state index in [1.165, 1.54) is 6.26 Å².